The van der Waals surface area contributed by atoms with Crippen LogP contribution in [0.2, 0.25) is 0 Å². The third-order valence-corrected chi connectivity index (χ3v) is 31.1. The Bertz CT molecular complexity index is 1900. The predicted octanol–water partition coefficient (Wildman–Crippen LogP) is 33.1. The van der Waals surface area contributed by atoms with Crippen LogP contribution in [-0.2, 0) is 19.1 Å². The number of carbonyl (C=O) groups excluding carboxylic acids is 2. The Morgan fingerprint density at radius 1 is 0.223 bits per heavy atom. The summed E-state index contributed by atoms with van der Waals surface area (Å²) in [7, 11) is 0. The first-order valence-corrected chi connectivity index (χ1v) is 58.0. The van der Waals surface area contributed by atoms with Crippen molar-refractivity contribution in [2.24, 2.45) is 94.7 Å². The number of halogens is 3. The van der Waals surface area contributed by atoms with Crippen LogP contribution in [0.3, 0.4) is 0 Å². The first-order chi connectivity index (χ1) is 58.4. The van der Waals surface area contributed by atoms with E-state index in [1.165, 1.54) is 401 Å². The molecule has 8 aliphatic rings. The van der Waals surface area contributed by atoms with Crippen molar-refractivity contribution >= 4 is 77.1 Å². The number of hydrogen-bond donors (Lipinski definition) is 2. The summed E-state index contributed by atoms with van der Waals surface area (Å²) < 4.78 is 9.56. The van der Waals surface area contributed by atoms with Gasteiger partial charge in [-0.3, -0.25) is 9.59 Å². The van der Waals surface area contributed by atoms with E-state index in [0.29, 0.717) is 31.5 Å². The van der Waals surface area contributed by atoms with Gasteiger partial charge in [0.2, 0.25) is 0 Å². The Labute approximate surface area is 808 Å². The molecule has 8 aliphatic carbocycles. The van der Waals surface area contributed by atoms with Crippen LogP contribution in [0.4, 0.5) is 0 Å². The van der Waals surface area contributed by atoms with Gasteiger partial charge in [0.25, 0.3) is 0 Å². The van der Waals surface area contributed by atoms with Crippen molar-refractivity contribution in [1.82, 2.24) is 0 Å². The van der Waals surface area contributed by atoms with Gasteiger partial charge in [0.1, 0.15) is 0 Å². The molecule has 0 radical (unpaired) electrons. The molecule has 0 saturated heterocycles. The quantitative estimate of drug-likeness (QED) is 0.0273. The van der Waals surface area contributed by atoms with Crippen LogP contribution in [-0.4, -0.2) is 81.9 Å². The first kappa shape index (κ1) is 124. The van der Waals surface area contributed by atoms with Crippen LogP contribution < -0.4 is 18.9 Å². The van der Waals surface area contributed by atoms with E-state index in [2.05, 4.69) is 110 Å². The summed E-state index contributed by atoms with van der Waals surface area (Å²) in [5.41, 5.74) is 0. The van der Waals surface area contributed by atoms with Crippen molar-refractivity contribution < 1.29 is 49.6 Å². The van der Waals surface area contributed by atoms with Gasteiger partial charge in [0.15, 0.2) is 17.4 Å². The summed E-state index contributed by atoms with van der Waals surface area (Å²) in [6, 6.07) is 0. The van der Waals surface area contributed by atoms with Gasteiger partial charge >= 0.3 is 30.8 Å². The van der Waals surface area contributed by atoms with Crippen LogP contribution in [0.5, 0.6) is 0 Å². The fraction of sp³-hybridized carbons (Fsp3) is 0.982. The van der Waals surface area contributed by atoms with Gasteiger partial charge < -0.3 is 21.1 Å². The van der Waals surface area contributed by atoms with E-state index < -0.39 is 0 Å². The van der Waals surface area contributed by atoms with Crippen LogP contribution in [0.1, 0.15) is 553 Å². The van der Waals surface area contributed by atoms with Gasteiger partial charge in [0, 0.05) is 29.2 Å². The number of rotatable bonds is 75. The number of ether oxygens (including phenoxy) is 2. The molecule has 0 heterocycles. The van der Waals surface area contributed by atoms with Crippen molar-refractivity contribution in [3.05, 3.63) is 0 Å². The zero-order valence-electron chi connectivity index (χ0n) is 84.2. The van der Waals surface area contributed by atoms with E-state index in [0.717, 1.165) is 77.4 Å². The summed E-state index contributed by atoms with van der Waals surface area (Å²) in [4.78, 5) is 22.2. The molecule has 8 rings (SSSR count). The topological polar surface area (TPSA) is 93.1 Å². The second-order valence-electron chi connectivity index (χ2n) is 40.1. The fourth-order valence-electron chi connectivity index (χ4n) is 18.8. The maximum Gasteiger partial charge on any atom is 1.00 e. The summed E-state index contributed by atoms with van der Waals surface area (Å²) in [6.45, 7) is 25.3. The molecule has 16 unspecified atom stereocenters. The minimum Gasteiger partial charge on any atom is -1.00 e. The molecule has 8 saturated carbocycles. The monoisotopic (exact) mass is 1910 g/mol. The molecule has 121 heavy (non-hydrogen) atoms. The molecule has 0 spiro atoms. The van der Waals surface area contributed by atoms with Crippen LogP contribution in [0.15, 0.2) is 0 Å². The molecular formula is C110H217AlBr3LiO6. The van der Waals surface area contributed by atoms with Gasteiger partial charge in [-0.25, -0.2) is 0 Å². The SMILES string of the molecule is BrCC1CC1CBr.CCCCCC.CCCCCCCC.CCCCCCCCCC1CC1CBr.CCCCCCCCCC1CC1CCCCCCCCC1CC1CCCCCCCCC.CCCCCCCCCC1CC1CCCCCCCCC1CC1CCCCCCCCC.CCOC(=O)C1CC1C(=O)OCC.OCC1CC1CO.[AlH3].[H-].[Li+]. The first-order valence-electron chi connectivity index (χ1n) is 54.6. The number of carbonyl (C=O) groups is 2. The van der Waals surface area contributed by atoms with Crippen molar-refractivity contribution in [2.75, 3.05) is 42.4 Å². The Morgan fingerprint density at radius 2 is 0.355 bits per heavy atom. The van der Waals surface area contributed by atoms with E-state index in [1.807, 2.05) is 0 Å². The standard InChI is InChI=1S/2C32H62.C13H25Br.C9H14O4.C8H18.C6H14.C5H8Br2.C5H10O2.Al.Li.4H/c2*1-3-5-7-9-11-15-19-23-29-27-31(29)25-21-17-13-14-18-22-26-32-28-30(32)24-20-16-12-10-8-6-4-2;1-2-3-4-5-6-7-8-9-12-10-13(12)11-14;1-3-12-8(10)6-5-7(6)9(11)13-4-2;1-3-5-7-8-6-4-2;1-3-5-6-4-2;2*6-2-4-1-5(4)3-7;;;;;;/h2*29-32H,3-28H2,1-2H3;12-13H,2-11H2,1H3;6-7H,3-5H2,1-2H3;3-8H2,1-2H3;3-6H2,1-2H3;4-5H,1-3H2;4-7H,1-3H2;;;;;;/q;;;;;;;;;+1;;;;-1. The Hall–Kier alpha value is 1.43. The predicted molar refractivity (Wildman–Crippen MR) is 548 cm³/mol. The van der Waals surface area contributed by atoms with Crippen LogP contribution >= 0.6 is 47.8 Å². The van der Waals surface area contributed by atoms with Gasteiger partial charge in [-0.15, -0.1) is 0 Å². The minimum atomic E-state index is -0.277. The molecule has 0 aromatic rings. The number of esters is 2. The number of aliphatic hydroxyl groups excluding tert-OH is 2. The van der Waals surface area contributed by atoms with E-state index in [9.17, 15) is 9.59 Å². The van der Waals surface area contributed by atoms with Gasteiger partial charge in [0.05, 0.1) is 25.0 Å². The van der Waals surface area contributed by atoms with Crippen molar-refractivity contribution in [2.45, 2.75) is 551 Å². The molecule has 0 amide bonds. The maximum absolute atomic E-state index is 11.1. The zero-order chi connectivity index (χ0) is 87.1. The van der Waals surface area contributed by atoms with Gasteiger partial charge in [-0.1, -0.05) is 534 Å². The molecule has 0 aliphatic heterocycles. The maximum atomic E-state index is 11.1. The second-order valence-corrected chi connectivity index (χ2v) is 42.1. The zero-order valence-corrected chi connectivity index (χ0v) is 87.9. The van der Waals surface area contributed by atoms with E-state index >= 15 is 0 Å². The molecule has 11 heteroatoms. The number of alkyl halides is 3. The summed E-state index contributed by atoms with van der Waals surface area (Å²) in [5, 5.41) is 20.4. The summed E-state index contributed by atoms with van der Waals surface area (Å²) in [5.74, 6) is 13.0. The molecule has 0 aromatic heterocycles. The molecule has 16 atom stereocenters. The molecule has 2 N–H and O–H groups in total. The molecule has 0 bridgehead atoms. The van der Waals surface area contributed by atoms with E-state index in [4.69, 9.17) is 19.7 Å². The average Bonchev–Trinajstić information content (AvgIpc) is 1.65. The van der Waals surface area contributed by atoms with Crippen molar-refractivity contribution in [3.8, 4) is 0 Å². The van der Waals surface area contributed by atoms with Crippen molar-refractivity contribution in [1.29, 1.82) is 0 Å². The summed E-state index contributed by atoms with van der Waals surface area (Å²) in [6.07, 6.45) is 109. The Balaban J connectivity index is -0.00000144. The molecule has 6 nitrogen and oxygen atoms in total. The molecule has 8 fully saturated rings. The second kappa shape index (κ2) is 91.9. The third kappa shape index (κ3) is 78.6. The fourth-order valence-corrected chi connectivity index (χ4v) is 21.2. The molecular weight excluding hydrogens is 1690 g/mol. The van der Waals surface area contributed by atoms with Gasteiger partial charge in [-0.2, -0.15) is 0 Å². The number of hydrogen-bond acceptors (Lipinski definition) is 6. The normalized spacial score (nSPS) is 24.0. The number of aliphatic hydroxyl groups is 2. The van der Waals surface area contributed by atoms with Crippen molar-refractivity contribution in [3.63, 3.8) is 0 Å². The average molecular weight is 1910 g/mol. The molecule has 0 aromatic carbocycles. The van der Waals surface area contributed by atoms with Gasteiger partial charge in [-0.05, 0) is 148 Å². The minimum absolute atomic E-state index is 0. The Kier molecular flexibility index (Phi) is 94.5. The third-order valence-electron chi connectivity index (χ3n) is 28.6. The smallest absolute Gasteiger partial charge is 1.00 e. The largest absolute Gasteiger partial charge is 1.00 e. The van der Waals surface area contributed by atoms with E-state index in [1.54, 1.807) is 90.9 Å². The number of unbranched alkanes of at least 4 members (excludes halogenated alkanes) is 48. The summed E-state index contributed by atoms with van der Waals surface area (Å²) >= 11 is 10.4. The van der Waals surface area contributed by atoms with Crippen LogP contribution in [0, 0.1) is 94.7 Å². The van der Waals surface area contributed by atoms with Crippen LogP contribution in [0.25, 0.3) is 0 Å². The van der Waals surface area contributed by atoms with E-state index in [-0.39, 0.29) is 74.6 Å². The Morgan fingerprint density at radius 3 is 0.496 bits per heavy atom. The molecule has 718 valence electrons.